The van der Waals surface area contributed by atoms with Crippen molar-refractivity contribution in [2.75, 3.05) is 13.1 Å². The van der Waals surface area contributed by atoms with Crippen LogP contribution in [0.5, 0.6) is 0 Å². The first-order chi connectivity index (χ1) is 10.4. The average molecular weight is 377 g/mol. The van der Waals surface area contributed by atoms with Gasteiger partial charge in [-0.2, -0.15) is 13.2 Å². The Morgan fingerprint density at radius 3 is 2.86 bits per heavy atom. The lowest BCUT2D eigenvalue weighted by Crippen LogP contribution is -2.25. The Hall–Kier alpha value is -1.08. The van der Waals surface area contributed by atoms with Gasteiger partial charge in [0.25, 0.3) is 0 Å². The Morgan fingerprint density at radius 1 is 1.36 bits per heavy atom. The van der Waals surface area contributed by atoms with E-state index in [9.17, 15) is 13.2 Å². The molecule has 1 saturated heterocycles. The Morgan fingerprint density at radius 2 is 2.18 bits per heavy atom. The maximum Gasteiger partial charge on any atom is 0.416 e. The number of rotatable bonds is 3. The minimum Gasteiger partial charge on any atom is -0.391 e. The molecule has 120 valence electrons. The molecule has 2 heterocycles. The molecule has 22 heavy (non-hydrogen) atoms. The lowest BCUT2D eigenvalue weighted by molar-refractivity contribution is -0.137. The van der Waals surface area contributed by atoms with Crippen LogP contribution in [0.3, 0.4) is 0 Å². The third-order valence-corrected chi connectivity index (χ3v) is 4.62. The first kappa shape index (κ1) is 15.8. The highest BCUT2D eigenvalue weighted by atomic mass is 79.9. The van der Waals surface area contributed by atoms with E-state index in [4.69, 9.17) is 4.84 Å². The highest BCUT2D eigenvalue weighted by molar-refractivity contribution is 9.18. The maximum atomic E-state index is 12.7. The SMILES string of the molecule is FC(F)(F)c1cccc(CN2CCC(C3CC(Br)=NO3)C2)c1. The normalized spacial score (nSPS) is 26.1. The number of halogens is 4. The Balaban J connectivity index is 1.58. The summed E-state index contributed by atoms with van der Waals surface area (Å²) in [6.07, 6.45) is -2.44. The third-order valence-electron chi connectivity index (χ3n) is 4.15. The fourth-order valence-corrected chi connectivity index (χ4v) is 3.43. The van der Waals surface area contributed by atoms with Gasteiger partial charge in [-0.3, -0.25) is 4.90 Å². The molecule has 0 saturated carbocycles. The minimum absolute atomic E-state index is 0.0842. The quantitative estimate of drug-likeness (QED) is 0.795. The fourth-order valence-electron chi connectivity index (χ4n) is 3.03. The van der Waals surface area contributed by atoms with E-state index < -0.39 is 11.7 Å². The molecule has 0 aromatic heterocycles. The maximum absolute atomic E-state index is 12.7. The standard InChI is InChI=1S/C15H16BrF3N2O/c16-14-7-13(22-20-14)11-4-5-21(9-11)8-10-2-1-3-12(6-10)15(17,18)19/h1-3,6,11,13H,4-5,7-9H2. The molecule has 0 bridgehead atoms. The number of hydrogen-bond acceptors (Lipinski definition) is 3. The van der Waals surface area contributed by atoms with Crippen molar-refractivity contribution in [3.63, 3.8) is 0 Å². The third kappa shape index (κ3) is 3.63. The van der Waals surface area contributed by atoms with E-state index in [2.05, 4.69) is 26.0 Å². The van der Waals surface area contributed by atoms with Crippen LogP contribution in [0, 0.1) is 5.92 Å². The summed E-state index contributed by atoms with van der Waals surface area (Å²) in [5.41, 5.74) is 0.109. The molecule has 0 amide bonds. The molecule has 3 rings (SSSR count). The molecular formula is C15H16BrF3N2O. The predicted molar refractivity (Wildman–Crippen MR) is 80.7 cm³/mol. The number of likely N-dealkylation sites (tertiary alicyclic amines) is 1. The van der Waals surface area contributed by atoms with Gasteiger partial charge in [-0.15, -0.1) is 0 Å². The highest BCUT2D eigenvalue weighted by Crippen LogP contribution is 2.31. The van der Waals surface area contributed by atoms with Gasteiger partial charge in [0.05, 0.1) is 5.56 Å². The number of alkyl halides is 3. The van der Waals surface area contributed by atoms with Crippen LogP contribution in [-0.2, 0) is 17.6 Å². The molecule has 0 N–H and O–H groups in total. The number of hydrogen-bond donors (Lipinski definition) is 0. The van der Waals surface area contributed by atoms with Crippen molar-refractivity contribution in [3.8, 4) is 0 Å². The summed E-state index contributed by atoms with van der Waals surface area (Å²) in [6.45, 7) is 2.24. The van der Waals surface area contributed by atoms with E-state index in [1.807, 2.05) is 0 Å². The van der Waals surface area contributed by atoms with Gasteiger partial charge in [0.1, 0.15) is 10.7 Å². The van der Waals surface area contributed by atoms with Gasteiger partial charge < -0.3 is 4.84 Å². The van der Waals surface area contributed by atoms with E-state index in [-0.39, 0.29) is 6.10 Å². The number of nitrogens with zero attached hydrogens (tertiary/aromatic N) is 2. The summed E-state index contributed by atoms with van der Waals surface area (Å²) >= 11 is 3.33. The largest absolute Gasteiger partial charge is 0.416 e. The Kier molecular flexibility index (Phi) is 4.45. The van der Waals surface area contributed by atoms with E-state index in [0.717, 1.165) is 36.6 Å². The second-order valence-corrected chi connectivity index (χ2v) is 6.71. The van der Waals surface area contributed by atoms with Crippen LogP contribution in [0.1, 0.15) is 24.0 Å². The summed E-state index contributed by atoms with van der Waals surface area (Å²) in [7, 11) is 0. The minimum atomic E-state index is -4.29. The molecule has 2 aliphatic heterocycles. The number of oxime groups is 1. The average Bonchev–Trinajstić information content (AvgIpc) is 3.07. The van der Waals surface area contributed by atoms with Crippen LogP contribution in [-0.4, -0.2) is 28.7 Å². The van der Waals surface area contributed by atoms with Crippen molar-refractivity contribution < 1.29 is 18.0 Å². The van der Waals surface area contributed by atoms with Gasteiger partial charge in [-0.25, -0.2) is 0 Å². The summed E-state index contributed by atoms with van der Waals surface area (Å²) in [5, 5.41) is 3.90. The van der Waals surface area contributed by atoms with Gasteiger partial charge in [0, 0.05) is 25.4 Å². The summed E-state index contributed by atoms with van der Waals surface area (Å²) in [6, 6.07) is 5.56. The second kappa shape index (κ2) is 6.20. The van der Waals surface area contributed by atoms with Gasteiger partial charge in [-0.05, 0) is 40.5 Å². The van der Waals surface area contributed by atoms with Crippen LogP contribution >= 0.6 is 15.9 Å². The van der Waals surface area contributed by atoms with Crippen molar-refractivity contribution in [2.45, 2.75) is 31.7 Å². The second-order valence-electron chi connectivity index (χ2n) is 5.80. The molecule has 7 heteroatoms. The predicted octanol–water partition coefficient (Wildman–Crippen LogP) is 4.02. The van der Waals surface area contributed by atoms with Crippen LogP contribution in [0.25, 0.3) is 0 Å². The smallest absolute Gasteiger partial charge is 0.391 e. The van der Waals surface area contributed by atoms with Crippen molar-refractivity contribution in [3.05, 3.63) is 35.4 Å². The highest BCUT2D eigenvalue weighted by Gasteiger charge is 2.34. The van der Waals surface area contributed by atoms with Gasteiger partial charge >= 0.3 is 6.18 Å². The lowest BCUT2D eigenvalue weighted by Gasteiger charge is -2.19. The molecule has 2 aliphatic rings. The van der Waals surface area contributed by atoms with Crippen molar-refractivity contribution in [2.24, 2.45) is 11.1 Å². The van der Waals surface area contributed by atoms with E-state index in [0.29, 0.717) is 18.0 Å². The van der Waals surface area contributed by atoms with Gasteiger partial charge in [-0.1, -0.05) is 23.4 Å². The molecule has 1 fully saturated rings. The first-order valence-corrected chi connectivity index (χ1v) is 7.98. The van der Waals surface area contributed by atoms with Crippen LogP contribution in [0.2, 0.25) is 0 Å². The molecule has 1 aromatic carbocycles. The zero-order chi connectivity index (χ0) is 15.7. The number of benzene rings is 1. The van der Waals surface area contributed by atoms with Crippen LogP contribution < -0.4 is 0 Å². The van der Waals surface area contributed by atoms with E-state index in [1.54, 1.807) is 6.07 Å². The lowest BCUT2D eigenvalue weighted by atomic mass is 10.00. The Bertz CT molecular complexity index is 576. The van der Waals surface area contributed by atoms with Crippen molar-refractivity contribution in [1.29, 1.82) is 0 Å². The van der Waals surface area contributed by atoms with Crippen LogP contribution in [0.4, 0.5) is 13.2 Å². The monoisotopic (exact) mass is 376 g/mol. The van der Waals surface area contributed by atoms with Crippen molar-refractivity contribution in [1.82, 2.24) is 4.90 Å². The fraction of sp³-hybridized carbons (Fsp3) is 0.533. The molecule has 2 atom stereocenters. The molecular weight excluding hydrogens is 361 g/mol. The molecule has 0 spiro atoms. The summed E-state index contributed by atoms with van der Waals surface area (Å²) < 4.78 is 39.0. The summed E-state index contributed by atoms with van der Waals surface area (Å²) in [5.74, 6) is 0.379. The summed E-state index contributed by atoms with van der Waals surface area (Å²) in [4.78, 5) is 7.55. The van der Waals surface area contributed by atoms with Crippen molar-refractivity contribution >= 4 is 20.6 Å². The topological polar surface area (TPSA) is 24.8 Å². The van der Waals surface area contributed by atoms with Gasteiger partial charge in [0.15, 0.2) is 0 Å². The molecule has 1 aromatic rings. The zero-order valence-electron chi connectivity index (χ0n) is 11.8. The molecule has 0 radical (unpaired) electrons. The Labute approximate surface area is 135 Å². The molecule has 2 unspecified atom stereocenters. The van der Waals surface area contributed by atoms with E-state index >= 15 is 0 Å². The van der Waals surface area contributed by atoms with Gasteiger partial charge in [0.2, 0.25) is 0 Å². The zero-order valence-corrected chi connectivity index (χ0v) is 13.4. The molecule has 0 aliphatic carbocycles. The van der Waals surface area contributed by atoms with E-state index in [1.165, 1.54) is 12.1 Å². The first-order valence-electron chi connectivity index (χ1n) is 7.18. The molecule has 3 nitrogen and oxygen atoms in total. The van der Waals surface area contributed by atoms with Crippen LogP contribution in [0.15, 0.2) is 29.4 Å².